The molecule has 160 valence electrons. The average Bonchev–Trinajstić information content (AvgIpc) is 2.74. The number of carbonyl (C=O) groups excluding carboxylic acids is 2. The second kappa shape index (κ2) is 11.8. The number of hydrogen-bond acceptors (Lipinski definition) is 3. The molecule has 1 fully saturated rings. The molecular weight excluding hydrogens is 517 g/mol. The van der Waals surface area contributed by atoms with Gasteiger partial charge in [0, 0.05) is 43.8 Å². The molecule has 0 aliphatic carbocycles. The number of nitrogens with zero attached hydrogens (tertiary/aromatic N) is 2. The third kappa shape index (κ3) is 6.88. The highest BCUT2D eigenvalue weighted by atomic mass is 127. The van der Waals surface area contributed by atoms with Gasteiger partial charge < -0.3 is 20.9 Å². The molecule has 0 atom stereocenters. The van der Waals surface area contributed by atoms with Gasteiger partial charge in [-0.1, -0.05) is 35.9 Å². The van der Waals surface area contributed by atoms with Gasteiger partial charge in [-0.2, -0.15) is 0 Å². The van der Waals surface area contributed by atoms with Crippen LogP contribution in [0.3, 0.4) is 0 Å². The van der Waals surface area contributed by atoms with Crippen LogP contribution in [-0.4, -0.2) is 49.4 Å². The minimum Gasteiger partial charge on any atom is -0.353 e. The molecule has 0 saturated carbocycles. The molecule has 9 heteroatoms. The zero-order chi connectivity index (χ0) is 20.6. The van der Waals surface area contributed by atoms with E-state index in [1.54, 1.807) is 24.1 Å². The molecule has 1 aliphatic rings. The Hall–Kier alpha value is -2.33. The van der Waals surface area contributed by atoms with Crippen LogP contribution in [0.25, 0.3) is 0 Å². The number of hydrogen-bond donors (Lipinski definition) is 3. The number of guanidine groups is 1. The van der Waals surface area contributed by atoms with E-state index >= 15 is 0 Å². The molecule has 7 nitrogen and oxygen atoms in total. The quantitative estimate of drug-likeness (QED) is 0.308. The van der Waals surface area contributed by atoms with Crippen molar-refractivity contribution < 1.29 is 9.59 Å². The van der Waals surface area contributed by atoms with E-state index in [4.69, 9.17) is 11.6 Å². The molecule has 0 unspecified atom stereocenters. The number of amides is 2. The van der Waals surface area contributed by atoms with Crippen molar-refractivity contribution >= 4 is 53.4 Å². The van der Waals surface area contributed by atoms with Crippen molar-refractivity contribution in [1.29, 1.82) is 0 Å². The van der Waals surface area contributed by atoms with E-state index in [-0.39, 0.29) is 42.3 Å². The molecule has 30 heavy (non-hydrogen) atoms. The van der Waals surface area contributed by atoms with Crippen LogP contribution in [0.4, 0.5) is 0 Å². The Kier molecular flexibility index (Phi) is 9.38. The molecule has 2 aromatic carbocycles. The average molecular weight is 542 g/mol. The van der Waals surface area contributed by atoms with Crippen LogP contribution in [0.5, 0.6) is 0 Å². The van der Waals surface area contributed by atoms with E-state index < -0.39 is 0 Å². The van der Waals surface area contributed by atoms with Crippen LogP contribution in [0.1, 0.15) is 21.5 Å². The molecule has 0 bridgehead atoms. The highest BCUT2D eigenvalue weighted by Gasteiger charge is 2.22. The number of benzene rings is 2. The summed E-state index contributed by atoms with van der Waals surface area (Å²) in [4.78, 5) is 29.7. The first-order valence-corrected chi connectivity index (χ1v) is 9.77. The number of piperazine rings is 1. The first kappa shape index (κ1) is 23.9. The zero-order valence-corrected chi connectivity index (χ0v) is 19.7. The molecule has 1 aliphatic heterocycles. The predicted molar refractivity (Wildman–Crippen MR) is 129 cm³/mol. The summed E-state index contributed by atoms with van der Waals surface area (Å²) < 4.78 is 0. The summed E-state index contributed by atoms with van der Waals surface area (Å²) in [6.07, 6.45) is 0. The van der Waals surface area contributed by atoms with Crippen LogP contribution in [-0.2, 0) is 17.9 Å². The molecule has 1 saturated heterocycles. The van der Waals surface area contributed by atoms with Crippen LogP contribution in [0, 0.1) is 0 Å². The first-order valence-electron chi connectivity index (χ1n) is 9.39. The Morgan fingerprint density at radius 3 is 2.47 bits per heavy atom. The van der Waals surface area contributed by atoms with Crippen molar-refractivity contribution in [2.45, 2.75) is 13.1 Å². The normalized spacial score (nSPS) is 13.9. The third-order valence-electron chi connectivity index (χ3n) is 4.56. The minimum absolute atomic E-state index is 0. The lowest BCUT2D eigenvalue weighted by Gasteiger charge is -2.26. The number of aliphatic imine (C=N–C) groups is 1. The molecule has 2 amide bonds. The molecular formula is C21H25ClIN5O2. The van der Waals surface area contributed by atoms with Gasteiger partial charge in [-0.3, -0.25) is 14.6 Å². The summed E-state index contributed by atoms with van der Waals surface area (Å²) in [6, 6.07) is 15.0. The topological polar surface area (TPSA) is 85.8 Å². The maximum atomic E-state index is 12.5. The van der Waals surface area contributed by atoms with Gasteiger partial charge in [-0.05, 0) is 35.4 Å². The van der Waals surface area contributed by atoms with Crippen molar-refractivity contribution in [2.24, 2.45) is 4.99 Å². The Labute approximate surface area is 198 Å². The van der Waals surface area contributed by atoms with Gasteiger partial charge in [0.25, 0.3) is 5.91 Å². The molecule has 3 N–H and O–H groups in total. The van der Waals surface area contributed by atoms with Gasteiger partial charge in [0.2, 0.25) is 5.91 Å². The fraction of sp³-hybridized carbons (Fsp3) is 0.286. The lowest BCUT2D eigenvalue weighted by atomic mass is 10.1. The second-order valence-corrected chi connectivity index (χ2v) is 7.12. The predicted octanol–water partition coefficient (Wildman–Crippen LogP) is 2.40. The van der Waals surface area contributed by atoms with Crippen molar-refractivity contribution in [1.82, 2.24) is 20.9 Å². The van der Waals surface area contributed by atoms with Crippen LogP contribution in [0.15, 0.2) is 53.5 Å². The highest BCUT2D eigenvalue weighted by molar-refractivity contribution is 14.0. The van der Waals surface area contributed by atoms with Gasteiger partial charge >= 0.3 is 0 Å². The molecule has 0 radical (unpaired) electrons. The van der Waals surface area contributed by atoms with Crippen molar-refractivity contribution in [3.63, 3.8) is 0 Å². The maximum Gasteiger partial charge on any atom is 0.254 e. The molecule has 0 aromatic heterocycles. The summed E-state index contributed by atoms with van der Waals surface area (Å²) in [5.41, 5.74) is 2.66. The van der Waals surface area contributed by atoms with E-state index in [0.29, 0.717) is 42.7 Å². The first-order chi connectivity index (χ1) is 14.0. The maximum absolute atomic E-state index is 12.5. The summed E-state index contributed by atoms with van der Waals surface area (Å²) in [7, 11) is 1.71. The molecule has 1 heterocycles. The monoisotopic (exact) mass is 541 g/mol. The highest BCUT2D eigenvalue weighted by Crippen LogP contribution is 2.11. The minimum atomic E-state index is -0.127. The van der Waals surface area contributed by atoms with E-state index in [0.717, 1.165) is 11.1 Å². The zero-order valence-electron chi connectivity index (χ0n) is 16.7. The van der Waals surface area contributed by atoms with E-state index in [1.807, 2.05) is 36.4 Å². The summed E-state index contributed by atoms with van der Waals surface area (Å²) in [5.74, 6) is 0.421. The second-order valence-electron chi connectivity index (χ2n) is 6.68. The Morgan fingerprint density at radius 1 is 1.13 bits per heavy atom. The van der Waals surface area contributed by atoms with E-state index in [2.05, 4.69) is 20.9 Å². The summed E-state index contributed by atoms with van der Waals surface area (Å²) in [6.45, 7) is 2.31. The largest absolute Gasteiger partial charge is 0.353 e. The fourth-order valence-electron chi connectivity index (χ4n) is 3.00. The fourth-order valence-corrected chi connectivity index (χ4v) is 3.21. The van der Waals surface area contributed by atoms with Gasteiger partial charge in [0.15, 0.2) is 5.96 Å². The van der Waals surface area contributed by atoms with Gasteiger partial charge in [-0.25, -0.2) is 0 Å². The number of halogens is 2. The number of carbonyl (C=O) groups is 2. The van der Waals surface area contributed by atoms with Gasteiger partial charge in [0.1, 0.15) is 0 Å². The van der Waals surface area contributed by atoms with Crippen molar-refractivity contribution in [3.8, 4) is 0 Å². The summed E-state index contributed by atoms with van der Waals surface area (Å²) >= 11 is 6.01. The Morgan fingerprint density at radius 2 is 1.83 bits per heavy atom. The van der Waals surface area contributed by atoms with Crippen LogP contribution >= 0.6 is 35.6 Å². The molecule has 2 aromatic rings. The molecule has 0 spiro atoms. The van der Waals surface area contributed by atoms with Gasteiger partial charge in [-0.15, -0.1) is 24.0 Å². The Balaban J connectivity index is 0.00000320. The van der Waals surface area contributed by atoms with Crippen LogP contribution in [0.2, 0.25) is 5.02 Å². The standard InChI is InChI=1S/C21H24ClN5O2.HI/c1-23-21(26-13-16-3-2-4-18(22)11-16)25-12-15-5-7-17(8-6-15)20(29)27-10-9-24-19(28)14-27;/h2-8,11H,9-10,12-14H2,1H3,(H,24,28)(H2,23,25,26);1H. The number of nitrogens with one attached hydrogen (secondary N) is 3. The third-order valence-corrected chi connectivity index (χ3v) is 4.79. The molecule has 3 rings (SSSR count). The lowest BCUT2D eigenvalue weighted by molar-refractivity contribution is -0.123. The number of rotatable bonds is 5. The van der Waals surface area contributed by atoms with Crippen LogP contribution < -0.4 is 16.0 Å². The van der Waals surface area contributed by atoms with E-state index in [9.17, 15) is 9.59 Å². The van der Waals surface area contributed by atoms with Crippen molar-refractivity contribution in [2.75, 3.05) is 26.7 Å². The van der Waals surface area contributed by atoms with E-state index in [1.165, 1.54) is 0 Å². The van der Waals surface area contributed by atoms with Gasteiger partial charge in [0.05, 0.1) is 6.54 Å². The lowest BCUT2D eigenvalue weighted by Crippen LogP contribution is -2.49. The van der Waals surface area contributed by atoms with Crippen molar-refractivity contribution in [3.05, 3.63) is 70.2 Å². The summed E-state index contributed by atoms with van der Waals surface area (Å²) in [5, 5.41) is 9.91. The SMILES string of the molecule is CN=C(NCc1ccc(C(=O)N2CCNC(=O)C2)cc1)NCc1cccc(Cl)c1.I. The smallest absolute Gasteiger partial charge is 0.254 e. The Bertz CT molecular complexity index is 905.